The number of phenols is 1. The Kier molecular flexibility index (Phi) is 14.4. The third-order valence-electron chi connectivity index (χ3n) is 14.1. The SMILES string of the molecule is CN(C)c1cccc2c(S(=O)(=O)NCCN3C(=O)C(=O)N([C@H](CC4CCCCC4)CN4CCC[C@H]4CN4C(=O)C(=O)NC[C@@H]4Cc4ccccc4)C[C@@H]3Cc3ccc(O)cc3)cccc12. The molecule has 4 aromatic rings. The maximum Gasteiger partial charge on any atom is 0.312 e. The molecule has 1 aliphatic carbocycles. The molecule has 3 N–H and O–H groups in total. The summed E-state index contributed by atoms with van der Waals surface area (Å²) in [6, 6.07) is 26.6. The molecule has 0 spiro atoms. The number of amides is 4. The lowest BCUT2D eigenvalue weighted by Crippen LogP contribution is -2.65. The van der Waals surface area contributed by atoms with Gasteiger partial charge in [-0.25, -0.2) is 13.1 Å². The van der Waals surface area contributed by atoms with E-state index in [0.717, 1.165) is 73.7 Å². The van der Waals surface area contributed by atoms with Gasteiger partial charge in [0.15, 0.2) is 0 Å². The molecule has 4 atom stereocenters. The number of fused-ring (bicyclic) bond motifs is 1. The van der Waals surface area contributed by atoms with Crippen LogP contribution in [0.3, 0.4) is 0 Å². The van der Waals surface area contributed by atoms with Gasteiger partial charge < -0.3 is 30.0 Å². The summed E-state index contributed by atoms with van der Waals surface area (Å²) in [6.07, 6.45) is 9.07. The number of likely N-dealkylation sites (tertiary alicyclic amines) is 1. The standard InChI is InChI=1S/C50H63N7O7S/c1-53(2)45-19-9-18-44-43(45)17-10-20-46(44)65(63,64)52-25-27-55-41(30-37-21-23-42(58)24-22-37)34-57(50(62)49(55)61)40(29-36-14-7-4-8-15-36)32-54-26-11-16-38(54)33-56-39(31-51-47(59)48(56)60)28-35-12-5-3-6-13-35/h3,5-6,9-10,12-13,17-24,36,38-41,52,58H,4,7-8,11,14-16,25-34H2,1-2H3,(H,51,59)/t38-,39-,40+,41-/m0/s1. The van der Waals surface area contributed by atoms with E-state index in [4.69, 9.17) is 0 Å². The van der Waals surface area contributed by atoms with E-state index in [1.165, 1.54) is 11.3 Å². The Hall–Kier alpha value is -5.51. The lowest BCUT2D eigenvalue weighted by atomic mass is 9.84. The zero-order valence-electron chi connectivity index (χ0n) is 37.6. The average Bonchev–Trinajstić information content (AvgIpc) is 3.75. The minimum atomic E-state index is -4.02. The molecule has 15 heteroatoms. The Morgan fingerprint density at radius 1 is 0.738 bits per heavy atom. The molecule has 3 aliphatic heterocycles. The molecule has 0 radical (unpaired) electrons. The lowest BCUT2D eigenvalue weighted by Gasteiger charge is -2.46. The molecule has 0 bridgehead atoms. The van der Waals surface area contributed by atoms with Crippen molar-refractivity contribution >= 4 is 50.1 Å². The number of nitrogens with zero attached hydrogens (tertiary/aromatic N) is 5. The van der Waals surface area contributed by atoms with Crippen molar-refractivity contribution in [3.8, 4) is 5.75 Å². The Balaban J connectivity index is 1.03. The molecule has 4 fully saturated rings. The highest BCUT2D eigenvalue weighted by Gasteiger charge is 2.44. The van der Waals surface area contributed by atoms with Crippen LogP contribution in [0.1, 0.15) is 62.5 Å². The van der Waals surface area contributed by atoms with Crippen LogP contribution in [0.2, 0.25) is 0 Å². The van der Waals surface area contributed by atoms with Crippen molar-refractivity contribution < 1.29 is 32.7 Å². The Bertz CT molecular complexity index is 2440. The van der Waals surface area contributed by atoms with Crippen LogP contribution < -0.4 is 14.9 Å². The Labute approximate surface area is 383 Å². The van der Waals surface area contributed by atoms with E-state index in [2.05, 4.69) is 14.9 Å². The van der Waals surface area contributed by atoms with Crippen LogP contribution >= 0.6 is 0 Å². The van der Waals surface area contributed by atoms with Gasteiger partial charge >= 0.3 is 23.6 Å². The summed E-state index contributed by atoms with van der Waals surface area (Å²) in [6.45, 7) is 2.22. The average molecular weight is 906 g/mol. The molecule has 4 aliphatic rings. The molecule has 4 amide bonds. The maximum absolute atomic E-state index is 14.6. The van der Waals surface area contributed by atoms with Crippen LogP contribution in [0, 0.1) is 5.92 Å². The monoisotopic (exact) mass is 905 g/mol. The number of anilines is 1. The first-order chi connectivity index (χ1) is 31.4. The van der Waals surface area contributed by atoms with E-state index in [-0.39, 0.29) is 48.4 Å². The molecular formula is C50H63N7O7S. The molecule has 3 saturated heterocycles. The second-order valence-corrected chi connectivity index (χ2v) is 20.3. The summed E-state index contributed by atoms with van der Waals surface area (Å²) in [5.41, 5.74) is 2.85. The zero-order valence-corrected chi connectivity index (χ0v) is 38.4. The number of benzene rings is 4. The van der Waals surface area contributed by atoms with Gasteiger partial charge in [0.25, 0.3) is 0 Å². The molecule has 65 heavy (non-hydrogen) atoms. The fourth-order valence-electron chi connectivity index (χ4n) is 10.7. The summed E-state index contributed by atoms with van der Waals surface area (Å²) in [5, 5.41) is 14.3. The van der Waals surface area contributed by atoms with Crippen LogP contribution in [0.15, 0.2) is 95.9 Å². The van der Waals surface area contributed by atoms with Crippen molar-refractivity contribution in [2.24, 2.45) is 5.92 Å². The summed E-state index contributed by atoms with van der Waals surface area (Å²) >= 11 is 0. The van der Waals surface area contributed by atoms with E-state index in [0.29, 0.717) is 43.8 Å². The van der Waals surface area contributed by atoms with E-state index in [1.807, 2.05) is 79.7 Å². The van der Waals surface area contributed by atoms with Crippen molar-refractivity contribution in [1.29, 1.82) is 0 Å². The molecule has 0 unspecified atom stereocenters. The predicted molar refractivity (Wildman–Crippen MR) is 251 cm³/mol. The molecule has 4 aromatic carbocycles. The van der Waals surface area contributed by atoms with Crippen LogP contribution in [-0.4, -0.2) is 141 Å². The van der Waals surface area contributed by atoms with Crippen molar-refractivity contribution in [2.45, 2.75) is 93.3 Å². The smallest absolute Gasteiger partial charge is 0.312 e. The van der Waals surface area contributed by atoms with Gasteiger partial charge in [-0.1, -0.05) is 98.8 Å². The Morgan fingerprint density at radius 3 is 2.20 bits per heavy atom. The third kappa shape index (κ3) is 10.6. The van der Waals surface area contributed by atoms with Gasteiger partial charge in [0.2, 0.25) is 10.0 Å². The normalized spacial score (nSPS) is 21.9. The van der Waals surface area contributed by atoms with Crippen molar-refractivity contribution in [3.63, 3.8) is 0 Å². The van der Waals surface area contributed by atoms with Crippen LogP contribution in [0.25, 0.3) is 10.8 Å². The number of rotatable bonds is 17. The molecule has 3 heterocycles. The van der Waals surface area contributed by atoms with E-state index >= 15 is 0 Å². The first kappa shape index (κ1) is 46.0. The number of aromatic hydroxyl groups is 1. The molecule has 14 nitrogen and oxygen atoms in total. The number of sulfonamides is 1. The van der Waals surface area contributed by atoms with Crippen LogP contribution in [-0.2, 0) is 42.0 Å². The number of carbonyl (C=O) groups excluding carboxylic acids is 4. The third-order valence-corrected chi connectivity index (χ3v) is 15.6. The zero-order chi connectivity index (χ0) is 45.7. The number of phenolic OH excluding ortho intramolecular Hbond substituents is 1. The maximum atomic E-state index is 14.6. The van der Waals surface area contributed by atoms with Gasteiger partial charge in [-0.15, -0.1) is 0 Å². The summed E-state index contributed by atoms with van der Waals surface area (Å²) in [7, 11) is -0.202. The fourth-order valence-corrected chi connectivity index (χ4v) is 11.9. The Morgan fingerprint density at radius 2 is 1.45 bits per heavy atom. The molecule has 1 saturated carbocycles. The highest BCUT2D eigenvalue weighted by atomic mass is 32.2. The fraction of sp³-hybridized carbons (Fsp3) is 0.480. The topological polar surface area (TPSA) is 163 Å². The van der Waals surface area contributed by atoms with Crippen molar-refractivity contribution in [1.82, 2.24) is 29.6 Å². The molecule has 0 aromatic heterocycles. The second kappa shape index (κ2) is 20.3. The lowest BCUT2D eigenvalue weighted by molar-refractivity contribution is -0.161. The van der Waals surface area contributed by atoms with Crippen molar-refractivity contribution in [2.75, 3.05) is 64.8 Å². The number of hydrogen-bond donors (Lipinski definition) is 3. The minimum Gasteiger partial charge on any atom is -0.508 e. The van der Waals surface area contributed by atoms with Crippen LogP contribution in [0.5, 0.6) is 5.75 Å². The number of carbonyl (C=O) groups is 4. The van der Waals surface area contributed by atoms with Gasteiger partial charge in [0, 0.05) is 81.9 Å². The van der Waals surface area contributed by atoms with Crippen molar-refractivity contribution in [3.05, 3.63) is 102 Å². The quantitative estimate of drug-likeness (QED) is 0.129. The summed E-state index contributed by atoms with van der Waals surface area (Å²) in [5.74, 6) is -1.85. The molecular weight excluding hydrogens is 843 g/mol. The van der Waals surface area contributed by atoms with Gasteiger partial charge in [-0.3, -0.25) is 24.1 Å². The van der Waals surface area contributed by atoms with E-state index in [1.54, 1.807) is 40.1 Å². The minimum absolute atomic E-state index is 0.0167. The predicted octanol–water partition coefficient (Wildman–Crippen LogP) is 4.54. The largest absolute Gasteiger partial charge is 0.508 e. The summed E-state index contributed by atoms with van der Waals surface area (Å²) < 4.78 is 30.6. The van der Waals surface area contributed by atoms with E-state index in [9.17, 15) is 32.7 Å². The first-order valence-corrected chi connectivity index (χ1v) is 24.8. The van der Waals surface area contributed by atoms with E-state index < -0.39 is 39.7 Å². The highest BCUT2D eigenvalue weighted by molar-refractivity contribution is 7.89. The van der Waals surface area contributed by atoms with Gasteiger partial charge in [0.1, 0.15) is 5.75 Å². The molecule has 8 rings (SSSR count). The van der Waals surface area contributed by atoms with Gasteiger partial charge in [0.05, 0.1) is 17.0 Å². The van der Waals surface area contributed by atoms with Gasteiger partial charge in [-0.05, 0) is 80.0 Å². The first-order valence-electron chi connectivity index (χ1n) is 23.3. The number of piperazine rings is 2. The van der Waals surface area contributed by atoms with Crippen LogP contribution in [0.4, 0.5) is 5.69 Å². The second-order valence-electron chi connectivity index (χ2n) is 18.6. The number of nitrogens with one attached hydrogen (secondary N) is 2. The summed E-state index contributed by atoms with van der Waals surface area (Å²) in [4.78, 5) is 64.9. The van der Waals surface area contributed by atoms with Gasteiger partial charge in [-0.2, -0.15) is 0 Å². The number of hydrogen-bond acceptors (Lipinski definition) is 9. The molecule has 346 valence electrons. The highest BCUT2D eigenvalue weighted by Crippen LogP contribution is 2.33.